The first-order chi connectivity index (χ1) is 15.0. The average Bonchev–Trinajstić information content (AvgIpc) is 2.79. The Kier molecular flexibility index (Phi) is 10.2. The number of ether oxygens (including phenoxy) is 2. The van der Waals surface area contributed by atoms with Crippen LogP contribution in [0.25, 0.3) is 0 Å². The molecule has 0 spiro atoms. The molecule has 0 aliphatic rings. The van der Waals surface area contributed by atoms with E-state index in [0.29, 0.717) is 24.0 Å². The molecule has 2 N–H and O–H groups in total. The Hall–Kier alpha value is -2.70. The Morgan fingerprint density at radius 1 is 0.742 bits per heavy atom. The van der Waals surface area contributed by atoms with E-state index in [1.54, 1.807) is 60.7 Å². The Morgan fingerprint density at radius 2 is 1.19 bits per heavy atom. The molecule has 0 fully saturated rings. The minimum absolute atomic E-state index is 0.119. The predicted molar refractivity (Wildman–Crippen MR) is 117 cm³/mol. The second kappa shape index (κ2) is 12.9. The van der Waals surface area contributed by atoms with Crippen molar-refractivity contribution in [2.24, 2.45) is 5.92 Å². The van der Waals surface area contributed by atoms with E-state index in [9.17, 15) is 19.8 Å². The number of hydrogen-bond donors (Lipinski definition) is 2. The van der Waals surface area contributed by atoms with E-state index < -0.39 is 30.4 Å². The summed E-state index contributed by atoms with van der Waals surface area (Å²) >= 11 is 0. The highest BCUT2D eigenvalue weighted by molar-refractivity contribution is 5.90. The van der Waals surface area contributed by atoms with E-state index >= 15 is 0 Å². The minimum atomic E-state index is -1.16. The number of carbonyl (C=O) groups is 2. The second-order valence-corrected chi connectivity index (χ2v) is 7.55. The van der Waals surface area contributed by atoms with Crippen molar-refractivity contribution >= 4 is 11.9 Å². The first kappa shape index (κ1) is 24.6. The lowest BCUT2D eigenvalue weighted by Gasteiger charge is -2.27. The molecule has 0 aliphatic heterocycles. The summed E-state index contributed by atoms with van der Waals surface area (Å²) in [5.74, 6) is -1.52. The van der Waals surface area contributed by atoms with Crippen molar-refractivity contribution < 1.29 is 29.3 Å². The fraction of sp³-hybridized carbons (Fsp3) is 0.440. The van der Waals surface area contributed by atoms with Crippen LogP contribution in [0.5, 0.6) is 0 Å². The Morgan fingerprint density at radius 3 is 1.61 bits per heavy atom. The average molecular weight is 429 g/mol. The van der Waals surface area contributed by atoms with Gasteiger partial charge in [0.25, 0.3) is 0 Å². The highest BCUT2D eigenvalue weighted by Gasteiger charge is 2.28. The number of carbonyl (C=O) groups excluding carboxylic acids is 2. The van der Waals surface area contributed by atoms with Crippen LogP contribution in [0.3, 0.4) is 0 Å². The topological polar surface area (TPSA) is 93.1 Å². The number of rotatable bonds is 12. The van der Waals surface area contributed by atoms with Crippen molar-refractivity contribution in [2.45, 2.75) is 64.4 Å². The maximum Gasteiger partial charge on any atom is 0.341 e. The van der Waals surface area contributed by atoms with Gasteiger partial charge < -0.3 is 19.7 Å². The Labute approximate surface area is 183 Å². The van der Waals surface area contributed by atoms with E-state index in [1.165, 1.54) is 0 Å². The Balaban J connectivity index is 2.07. The molecule has 3 atom stereocenters. The van der Waals surface area contributed by atoms with E-state index in [2.05, 4.69) is 0 Å². The zero-order valence-corrected chi connectivity index (χ0v) is 18.1. The minimum Gasteiger partial charge on any atom is -0.422 e. The molecule has 0 amide bonds. The normalized spacial score (nSPS) is 14.0. The van der Waals surface area contributed by atoms with Gasteiger partial charge in [0.15, 0.2) is 0 Å². The molecular formula is C25H32O6. The smallest absolute Gasteiger partial charge is 0.341 e. The number of aliphatic hydroxyl groups is 2. The molecule has 0 aromatic heterocycles. The number of benzene rings is 2. The summed E-state index contributed by atoms with van der Waals surface area (Å²) in [6.45, 7) is 3.89. The zero-order valence-electron chi connectivity index (χ0n) is 18.1. The van der Waals surface area contributed by atoms with Crippen LogP contribution in [0, 0.1) is 5.92 Å². The number of aliphatic hydroxyl groups excluding tert-OH is 2. The molecule has 0 radical (unpaired) electrons. The highest BCUT2D eigenvalue weighted by atomic mass is 16.7. The standard InChI is InChI=1S/C25H32O6/c1-3-11-21(26)20(4-2)22(27)16-17-23(30-24(28)18-12-7-5-8-13-18)31-25(29)19-14-9-6-10-15-19/h5-10,12-15,20-23,26-27H,3-4,11,16-17H2,1-2H3. The third-order valence-electron chi connectivity index (χ3n) is 5.24. The quantitative estimate of drug-likeness (QED) is 0.386. The lowest BCUT2D eigenvalue weighted by Crippen LogP contribution is -2.33. The van der Waals surface area contributed by atoms with Crippen LogP contribution in [0.1, 0.15) is 66.7 Å². The van der Waals surface area contributed by atoms with Crippen molar-refractivity contribution in [1.29, 1.82) is 0 Å². The summed E-state index contributed by atoms with van der Waals surface area (Å²) in [4.78, 5) is 25.0. The summed E-state index contributed by atoms with van der Waals surface area (Å²) in [6, 6.07) is 16.9. The molecule has 6 heteroatoms. The van der Waals surface area contributed by atoms with Crippen LogP contribution in [-0.2, 0) is 9.47 Å². The Bertz CT molecular complexity index is 739. The molecule has 2 aromatic carbocycles. The van der Waals surface area contributed by atoms with E-state index in [1.807, 2.05) is 13.8 Å². The first-order valence-corrected chi connectivity index (χ1v) is 10.8. The maximum absolute atomic E-state index is 12.5. The largest absolute Gasteiger partial charge is 0.422 e. The summed E-state index contributed by atoms with van der Waals surface area (Å²) < 4.78 is 10.9. The van der Waals surface area contributed by atoms with Gasteiger partial charge in [-0.3, -0.25) is 0 Å². The van der Waals surface area contributed by atoms with E-state index in [-0.39, 0.29) is 18.8 Å². The zero-order chi connectivity index (χ0) is 22.6. The molecular weight excluding hydrogens is 396 g/mol. The third-order valence-corrected chi connectivity index (χ3v) is 5.24. The molecule has 2 aromatic rings. The van der Waals surface area contributed by atoms with Crippen LogP contribution < -0.4 is 0 Å². The van der Waals surface area contributed by atoms with Gasteiger partial charge in [0.2, 0.25) is 6.29 Å². The van der Waals surface area contributed by atoms with Gasteiger partial charge >= 0.3 is 11.9 Å². The fourth-order valence-corrected chi connectivity index (χ4v) is 3.50. The molecule has 0 heterocycles. The predicted octanol–water partition coefficient (Wildman–Crippen LogP) is 4.35. The van der Waals surface area contributed by atoms with Crippen LogP contribution in [-0.4, -0.2) is 40.6 Å². The fourth-order valence-electron chi connectivity index (χ4n) is 3.50. The van der Waals surface area contributed by atoms with Crippen molar-refractivity contribution in [1.82, 2.24) is 0 Å². The number of hydrogen-bond acceptors (Lipinski definition) is 6. The van der Waals surface area contributed by atoms with E-state index in [4.69, 9.17) is 9.47 Å². The molecule has 3 unspecified atom stereocenters. The van der Waals surface area contributed by atoms with Gasteiger partial charge in [0, 0.05) is 12.3 Å². The molecule has 0 bridgehead atoms. The molecule has 168 valence electrons. The van der Waals surface area contributed by atoms with Gasteiger partial charge in [-0.15, -0.1) is 0 Å². The van der Waals surface area contributed by atoms with Gasteiger partial charge in [-0.25, -0.2) is 9.59 Å². The molecule has 0 saturated heterocycles. The van der Waals surface area contributed by atoms with Gasteiger partial charge in [-0.2, -0.15) is 0 Å². The highest BCUT2D eigenvalue weighted by Crippen LogP contribution is 2.23. The third kappa shape index (κ3) is 7.81. The van der Waals surface area contributed by atoms with Gasteiger partial charge in [0.1, 0.15) is 0 Å². The monoisotopic (exact) mass is 428 g/mol. The second-order valence-electron chi connectivity index (χ2n) is 7.55. The first-order valence-electron chi connectivity index (χ1n) is 10.8. The van der Waals surface area contributed by atoms with Crippen molar-refractivity contribution in [3.05, 3.63) is 71.8 Å². The molecule has 6 nitrogen and oxygen atoms in total. The van der Waals surface area contributed by atoms with Crippen molar-refractivity contribution in [2.75, 3.05) is 0 Å². The van der Waals surface area contributed by atoms with Crippen LogP contribution >= 0.6 is 0 Å². The molecule has 31 heavy (non-hydrogen) atoms. The van der Waals surface area contributed by atoms with Gasteiger partial charge in [-0.1, -0.05) is 56.7 Å². The lowest BCUT2D eigenvalue weighted by atomic mass is 9.88. The summed E-state index contributed by atoms with van der Waals surface area (Å²) in [6.07, 6.45) is -0.207. The van der Waals surface area contributed by atoms with Crippen molar-refractivity contribution in [3.63, 3.8) is 0 Å². The van der Waals surface area contributed by atoms with Gasteiger partial charge in [-0.05, 0) is 43.5 Å². The van der Waals surface area contributed by atoms with Crippen LogP contribution in [0.4, 0.5) is 0 Å². The lowest BCUT2D eigenvalue weighted by molar-refractivity contribution is -0.0916. The van der Waals surface area contributed by atoms with Crippen molar-refractivity contribution in [3.8, 4) is 0 Å². The molecule has 2 rings (SSSR count). The van der Waals surface area contributed by atoms with E-state index in [0.717, 1.165) is 6.42 Å². The molecule has 0 aliphatic carbocycles. The maximum atomic E-state index is 12.5. The van der Waals surface area contributed by atoms with Crippen LogP contribution in [0.2, 0.25) is 0 Å². The summed E-state index contributed by atoms with van der Waals surface area (Å²) in [7, 11) is 0. The summed E-state index contributed by atoms with van der Waals surface area (Å²) in [5, 5.41) is 20.9. The summed E-state index contributed by atoms with van der Waals surface area (Å²) in [5.41, 5.74) is 0.683. The molecule has 0 saturated carbocycles. The van der Waals surface area contributed by atoms with Gasteiger partial charge in [0.05, 0.1) is 23.3 Å². The SMILES string of the molecule is CCCC(O)C(CC)C(O)CCC(OC(=O)c1ccccc1)OC(=O)c1ccccc1. The van der Waals surface area contributed by atoms with Crippen LogP contribution in [0.15, 0.2) is 60.7 Å². The number of esters is 2.